The van der Waals surface area contributed by atoms with E-state index < -0.39 is 0 Å². The molecule has 1 N–H and O–H groups in total. The van der Waals surface area contributed by atoms with Gasteiger partial charge in [-0.25, -0.2) is 0 Å². The van der Waals surface area contributed by atoms with E-state index in [0.29, 0.717) is 5.92 Å². The van der Waals surface area contributed by atoms with E-state index in [1.807, 2.05) is 0 Å². The standard InChI is InChI=1S/C19H28O/c20-19(16-9-4-2-1-3-5-10-16)18-14-7-6-13-17(18)15-11-8-12-15/h6-7,13-16,19-20H,1-5,8-12H2. The Labute approximate surface area is 123 Å². The Morgan fingerprint density at radius 1 is 0.800 bits per heavy atom. The highest BCUT2D eigenvalue weighted by Crippen LogP contribution is 2.42. The fraction of sp³-hybridized carbons (Fsp3) is 0.684. The molecule has 1 nitrogen and oxygen atoms in total. The second-order valence-corrected chi connectivity index (χ2v) is 6.81. The van der Waals surface area contributed by atoms with Gasteiger partial charge < -0.3 is 5.11 Å². The fourth-order valence-electron chi connectivity index (χ4n) is 3.93. The molecule has 1 atom stereocenters. The molecule has 0 aromatic heterocycles. The van der Waals surface area contributed by atoms with Crippen LogP contribution in [0, 0.1) is 5.92 Å². The predicted molar refractivity (Wildman–Crippen MR) is 83.8 cm³/mol. The Bertz CT molecular complexity index is 414. The molecule has 3 rings (SSSR count). The van der Waals surface area contributed by atoms with E-state index in [0.717, 1.165) is 5.92 Å². The molecule has 0 aliphatic heterocycles. The Morgan fingerprint density at radius 3 is 2.10 bits per heavy atom. The van der Waals surface area contributed by atoms with Crippen molar-refractivity contribution in [3.05, 3.63) is 35.4 Å². The van der Waals surface area contributed by atoms with Crippen LogP contribution in [0.25, 0.3) is 0 Å². The van der Waals surface area contributed by atoms with Crippen LogP contribution in [0.15, 0.2) is 24.3 Å². The molecule has 1 unspecified atom stereocenters. The lowest BCUT2D eigenvalue weighted by Gasteiger charge is -2.32. The summed E-state index contributed by atoms with van der Waals surface area (Å²) in [5, 5.41) is 10.9. The first kappa shape index (κ1) is 14.1. The second kappa shape index (κ2) is 6.76. The maximum atomic E-state index is 10.9. The van der Waals surface area contributed by atoms with Crippen LogP contribution in [-0.2, 0) is 0 Å². The molecule has 0 heterocycles. The summed E-state index contributed by atoms with van der Waals surface area (Å²) in [6, 6.07) is 8.67. The summed E-state index contributed by atoms with van der Waals surface area (Å²) in [4.78, 5) is 0. The maximum Gasteiger partial charge on any atom is 0.0820 e. The van der Waals surface area contributed by atoms with Gasteiger partial charge in [0.15, 0.2) is 0 Å². The quantitative estimate of drug-likeness (QED) is 0.786. The first-order chi connectivity index (χ1) is 9.86. The largest absolute Gasteiger partial charge is 0.388 e. The molecule has 0 saturated heterocycles. The molecule has 0 spiro atoms. The summed E-state index contributed by atoms with van der Waals surface area (Å²) in [6.45, 7) is 0. The minimum absolute atomic E-state index is 0.232. The highest BCUT2D eigenvalue weighted by Gasteiger charge is 2.28. The summed E-state index contributed by atoms with van der Waals surface area (Å²) in [5.41, 5.74) is 2.68. The van der Waals surface area contributed by atoms with Gasteiger partial charge in [0.25, 0.3) is 0 Å². The number of benzene rings is 1. The van der Waals surface area contributed by atoms with E-state index in [2.05, 4.69) is 24.3 Å². The van der Waals surface area contributed by atoms with Gasteiger partial charge in [-0.15, -0.1) is 0 Å². The van der Waals surface area contributed by atoms with Crippen LogP contribution >= 0.6 is 0 Å². The minimum Gasteiger partial charge on any atom is -0.388 e. The summed E-state index contributed by atoms with van der Waals surface area (Å²) < 4.78 is 0. The molecular weight excluding hydrogens is 244 g/mol. The van der Waals surface area contributed by atoms with Crippen molar-refractivity contribution in [2.45, 2.75) is 76.2 Å². The molecule has 20 heavy (non-hydrogen) atoms. The molecule has 2 aliphatic carbocycles. The van der Waals surface area contributed by atoms with Crippen molar-refractivity contribution >= 4 is 0 Å². The van der Waals surface area contributed by atoms with Crippen LogP contribution in [0.3, 0.4) is 0 Å². The molecule has 0 radical (unpaired) electrons. The Morgan fingerprint density at radius 2 is 1.45 bits per heavy atom. The summed E-state index contributed by atoms with van der Waals surface area (Å²) in [7, 11) is 0. The zero-order chi connectivity index (χ0) is 13.8. The molecule has 2 fully saturated rings. The first-order valence-corrected chi connectivity index (χ1v) is 8.63. The monoisotopic (exact) mass is 272 g/mol. The molecule has 2 saturated carbocycles. The van der Waals surface area contributed by atoms with Crippen LogP contribution in [0.1, 0.15) is 87.4 Å². The third-order valence-corrected chi connectivity index (χ3v) is 5.46. The van der Waals surface area contributed by atoms with Crippen LogP contribution < -0.4 is 0 Å². The van der Waals surface area contributed by atoms with Crippen molar-refractivity contribution in [1.82, 2.24) is 0 Å². The van der Waals surface area contributed by atoms with Gasteiger partial charge in [0.05, 0.1) is 6.10 Å². The molecule has 0 amide bonds. The number of rotatable bonds is 3. The van der Waals surface area contributed by atoms with Crippen molar-refractivity contribution < 1.29 is 5.11 Å². The highest BCUT2D eigenvalue weighted by molar-refractivity contribution is 5.33. The summed E-state index contributed by atoms with van der Waals surface area (Å²) in [6.07, 6.45) is 12.9. The van der Waals surface area contributed by atoms with Gasteiger partial charge in [0, 0.05) is 0 Å². The fourth-order valence-corrected chi connectivity index (χ4v) is 3.93. The van der Waals surface area contributed by atoms with Crippen molar-refractivity contribution in [3.8, 4) is 0 Å². The molecule has 110 valence electrons. The van der Waals surface area contributed by atoms with Gasteiger partial charge in [0.1, 0.15) is 0 Å². The molecule has 2 aliphatic rings. The van der Waals surface area contributed by atoms with E-state index in [1.165, 1.54) is 75.3 Å². The normalized spacial score (nSPS) is 23.6. The van der Waals surface area contributed by atoms with E-state index in [9.17, 15) is 5.11 Å². The smallest absolute Gasteiger partial charge is 0.0820 e. The van der Waals surface area contributed by atoms with Gasteiger partial charge in [-0.2, -0.15) is 0 Å². The Hall–Kier alpha value is -0.820. The zero-order valence-electron chi connectivity index (χ0n) is 12.6. The predicted octanol–water partition coefficient (Wildman–Crippen LogP) is 5.35. The van der Waals surface area contributed by atoms with Crippen LogP contribution in [0.4, 0.5) is 0 Å². The summed E-state index contributed by atoms with van der Waals surface area (Å²) in [5.74, 6) is 1.20. The molecule has 1 aromatic carbocycles. The van der Waals surface area contributed by atoms with Crippen molar-refractivity contribution in [3.63, 3.8) is 0 Å². The van der Waals surface area contributed by atoms with Crippen LogP contribution in [0.5, 0.6) is 0 Å². The zero-order valence-corrected chi connectivity index (χ0v) is 12.6. The van der Waals surface area contributed by atoms with Crippen LogP contribution in [-0.4, -0.2) is 5.11 Å². The van der Waals surface area contributed by atoms with Gasteiger partial charge in [-0.1, -0.05) is 62.8 Å². The third kappa shape index (κ3) is 3.09. The minimum atomic E-state index is -0.232. The first-order valence-electron chi connectivity index (χ1n) is 8.63. The SMILES string of the molecule is OC(c1ccccc1C1CCC1)C1CCCCCCC1. The number of hydrogen-bond acceptors (Lipinski definition) is 1. The van der Waals surface area contributed by atoms with Crippen molar-refractivity contribution in [2.24, 2.45) is 5.92 Å². The van der Waals surface area contributed by atoms with E-state index in [4.69, 9.17) is 0 Å². The average molecular weight is 272 g/mol. The lowest BCUT2D eigenvalue weighted by atomic mass is 9.75. The van der Waals surface area contributed by atoms with Gasteiger partial charge in [0.2, 0.25) is 0 Å². The topological polar surface area (TPSA) is 20.2 Å². The molecule has 1 aromatic rings. The molecular formula is C19H28O. The average Bonchev–Trinajstić information content (AvgIpc) is 2.36. The number of hydrogen-bond donors (Lipinski definition) is 1. The second-order valence-electron chi connectivity index (χ2n) is 6.81. The maximum absolute atomic E-state index is 10.9. The lowest BCUT2D eigenvalue weighted by molar-refractivity contribution is 0.0896. The van der Waals surface area contributed by atoms with E-state index >= 15 is 0 Å². The van der Waals surface area contributed by atoms with Gasteiger partial charge in [-0.3, -0.25) is 0 Å². The van der Waals surface area contributed by atoms with Crippen LogP contribution in [0.2, 0.25) is 0 Å². The number of aliphatic hydroxyl groups is 1. The molecule has 0 bridgehead atoms. The lowest BCUT2D eigenvalue weighted by Crippen LogP contribution is -2.18. The van der Waals surface area contributed by atoms with Crippen molar-refractivity contribution in [2.75, 3.05) is 0 Å². The Balaban J connectivity index is 1.76. The Kier molecular flexibility index (Phi) is 4.77. The van der Waals surface area contributed by atoms with E-state index in [-0.39, 0.29) is 6.10 Å². The van der Waals surface area contributed by atoms with Crippen molar-refractivity contribution in [1.29, 1.82) is 0 Å². The number of aliphatic hydroxyl groups excluding tert-OH is 1. The third-order valence-electron chi connectivity index (χ3n) is 5.46. The molecule has 1 heteroatoms. The van der Waals surface area contributed by atoms with Gasteiger partial charge >= 0.3 is 0 Å². The van der Waals surface area contributed by atoms with E-state index in [1.54, 1.807) is 0 Å². The highest BCUT2D eigenvalue weighted by atomic mass is 16.3. The van der Waals surface area contributed by atoms with Gasteiger partial charge in [-0.05, 0) is 48.6 Å². The summed E-state index contributed by atoms with van der Waals surface area (Å²) >= 11 is 0.